The molecule has 28 heavy (non-hydrogen) atoms. The van der Waals surface area contributed by atoms with Gasteiger partial charge in [-0.25, -0.2) is 9.59 Å². The lowest BCUT2D eigenvalue weighted by atomic mass is 10.0. The number of ether oxygens (including phenoxy) is 2. The van der Waals surface area contributed by atoms with Gasteiger partial charge in [-0.3, -0.25) is 4.79 Å². The molecular formula is C21H25NO5S. The summed E-state index contributed by atoms with van der Waals surface area (Å²) in [6, 6.07) is 5.83. The zero-order chi connectivity index (χ0) is 20.8. The van der Waals surface area contributed by atoms with Crippen molar-refractivity contribution in [3.8, 4) is 0 Å². The summed E-state index contributed by atoms with van der Waals surface area (Å²) >= 11 is 1.03. The standard InChI is InChI=1S/C21H25NO5S/c1-6-26-20(24)17-14(5)18(21(25)27-7-2)28-19(17)22-16(23)11-15-9-8-12(3)13(4)10-15/h8-10H,6-7,11H2,1-5H3,(H,22,23). The molecule has 1 aromatic heterocycles. The van der Waals surface area contributed by atoms with E-state index in [4.69, 9.17) is 9.47 Å². The number of amides is 1. The van der Waals surface area contributed by atoms with Gasteiger partial charge in [0.15, 0.2) is 0 Å². The molecule has 2 aromatic rings. The fraction of sp³-hybridized carbons (Fsp3) is 0.381. The number of benzene rings is 1. The van der Waals surface area contributed by atoms with Crippen LogP contribution in [0.25, 0.3) is 0 Å². The molecule has 0 aliphatic rings. The van der Waals surface area contributed by atoms with Crippen molar-refractivity contribution < 1.29 is 23.9 Å². The fourth-order valence-corrected chi connectivity index (χ4v) is 3.82. The second-order valence-electron chi connectivity index (χ2n) is 6.34. The Hall–Kier alpha value is -2.67. The molecule has 0 fully saturated rings. The summed E-state index contributed by atoms with van der Waals surface area (Å²) in [5.41, 5.74) is 3.78. The third-order valence-corrected chi connectivity index (χ3v) is 5.46. The van der Waals surface area contributed by atoms with Crippen LogP contribution in [-0.2, 0) is 20.7 Å². The molecule has 2 rings (SSSR count). The van der Waals surface area contributed by atoms with Crippen LogP contribution in [0.4, 0.5) is 5.00 Å². The summed E-state index contributed by atoms with van der Waals surface area (Å²) in [6.45, 7) is 9.47. The SMILES string of the molecule is CCOC(=O)c1sc(NC(=O)Cc2ccc(C)c(C)c2)c(C(=O)OCC)c1C. The molecule has 150 valence electrons. The molecular weight excluding hydrogens is 378 g/mol. The summed E-state index contributed by atoms with van der Waals surface area (Å²) in [7, 11) is 0. The van der Waals surface area contributed by atoms with Crippen molar-refractivity contribution in [3.63, 3.8) is 0 Å². The van der Waals surface area contributed by atoms with Crippen LogP contribution < -0.4 is 5.32 Å². The van der Waals surface area contributed by atoms with Gasteiger partial charge in [-0.05, 0) is 56.9 Å². The summed E-state index contributed by atoms with van der Waals surface area (Å²) in [4.78, 5) is 37.4. The van der Waals surface area contributed by atoms with Gasteiger partial charge in [0.05, 0.1) is 25.2 Å². The molecule has 1 heterocycles. The van der Waals surface area contributed by atoms with Crippen molar-refractivity contribution >= 4 is 34.2 Å². The maximum Gasteiger partial charge on any atom is 0.348 e. The molecule has 0 aliphatic carbocycles. The lowest BCUT2D eigenvalue weighted by Gasteiger charge is -2.08. The number of rotatable bonds is 7. The van der Waals surface area contributed by atoms with E-state index in [2.05, 4.69) is 5.32 Å². The van der Waals surface area contributed by atoms with E-state index in [1.54, 1.807) is 20.8 Å². The number of thiophene rings is 1. The maximum absolute atomic E-state index is 12.6. The summed E-state index contributed by atoms with van der Waals surface area (Å²) in [5, 5.41) is 3.06. The van der Waals surface area contributed by atoms with Crippen LogP contribution in [0, 0.1) is 20.8 Å². The van der Waals surface area contributed by atoms with Crippen LogP contribution in [0.15, 0.2) is 18.2 Å². The molecule has 1 amide bonds. The van der Waals surface area contributed by atoms with E-state index in [0.717, 1.165) is 28.0 Å². The monoisotopic (exact) mass is 403 g/mol. The molecule has 0 aliphatic heterocycles. The van der Waals surface area contributed by atoms with E-state index in [-0.39, 0.29) is 36.0 Å². The van der Waals surface area contributed by atoms with E-state index in [0.29, 0.717) is 10.6 Å². The van der Waals surface area contributed by atoms with Gasteiger partial charge in [-0.2, -0.15) is 0 Å². The highest BCUT2D eigenvalue weighted by molar-refractivity contribution is 7.18. The molecule has 0 saturated heterocycles. The number of anilines is 1. The molecule has 1 N–H and O–H groups in total. The van der Waals surface area contributed by atoms with Crippen LogP contribution >= 0.6 is 11.3 Å². The highest BCUT2D eigenvalue weighted by Crippen LogP contribution is 2.34. The number of carbonyl (C=O) groups excluding carboxylic acids is 3. The Morgan fingerprint density at radius 3 is 2.21 bits per heavy atom. The highest BCUT2D eigenvalue weighted by atomic mass is 32.1. The Morgan fingerprint density at radius 1 is 0.964 bits per heavy atom. The molecule has 0 unspecified atom stereocenters. The molecule has 0 spiro atoms. The Balaban J connectivity index is 2.30. The van der Waals surface area contributed by atoms with E-state index >= 15 is 0 Å². The van der Waals surface area contributed by atoms with Crippen molar-refractivity contribution in [3.05, 3.63) is 50.9 Å². The topological polar surface area (TPSA) is 81.7 Å². The Bertz CT molecular complexity index is 900. The minimum absolute atomic E-state index is 0.162. The van der Waals surface area contributed by atoms with Crippen molar-refractivity contribution in [2.75, 3.05) is 18.5 Å². The zero-order valence-electron chi connectivity index (χ0n) is 16.8. The molecule has 6 nitrogen and oxygen atoms in total. The number of hydrogen-bond acceptors (Lipinski definition) is 6. The second kappa shape index (κ2) is 9.50. The first kappa shape index (κ1) is 21.6. The van der Waals surface area contributed by atoms with Crippen molar-refractivity contribution in [1.82, 2.24) is 0 Å². The maximum atomic E-state index is 12.6. The largest absolute Gasteiger partial charge is 0.462 e. The quantitative estimate of drug-likeness (QED) is 0.701. The van der Waals surface area contributed by atoms with Gasteiger partial charge >= 0.3 is 11.9 Å². The summed E-state index contributed by atoms with van der Waals surface area (Å²) in [6.07, 6.45) is 0.162. The van der Waals surface area contributed by atoms with Gasteiger partial charge in [-0.15, -0.1) is 11.3 Å². The fourth-order valence-electron chi connectivity index (χ4n) is 2.71. The molecule has 1 aromatic carbocycles. The first-order valence-electron chi connectivity index (χ1n) is 9.12. The van der Waals surface area contributed by atoms with E-state index in [1.807, 2.05) is 32.0 Å². The van der Waals surface area contributed by atoms with Gasteiger partial charge in [0.2, 0.25) is 5.91 Å². The van der Waals surface area contributed by atoms with Crippen LogP contribution in [0.5, 0.6) is 0 Å². The van der Waals surface area contributed by atoms with E-state index < -0.39 is 11.9 Å². The van der Waals surface area contributed by atoms with E-state index in [1.165, 1.54) is 0 Å². The molecule has 0 bridgehead atoms. The average Bonchev–Trinajstić information content (AvgIpc) is 2.94. The van der Waals surface area contributed by atoms with Crippen molar-refractivity contribution in [1.29, 1.82) is 0 Å². The van der Waals surface area contributed by atoms with Gasteiger partial charge < -0.3 is 14.8 Å². The molecule has 0 atom stereocenters. The van der Waals surface area contributed by atoms with Crippen molar-refractivity contribution in [2.45, 2.75) is 41.0 Å². The smallest absolute Gasteiger partial charge is 0.348 e. The third kappa shape index (κ3) is 4.98. The number of nitrogens with one attached hydrogen (secondary N) is 1. The molecule has 0 saturated carbocycles. The zero-order valence-corrected chi connectivity index (χ0v) is 17.6. The predicted molar refractivity (Wildman–Crippen MR) is 109 cm³/mol. The van der Waals surface area contributed by atoms with Crippen LogP contribution in [-0.4, -0.2) is 31.1 Å². The predicted octanol–water partition coefficient (Wildman–Crippen LogP) is 4.21. The van der Waals surface area contributed by atoms with Crippen LogP contribution in [0.2, 0.25) is 0 Å². The first-order valence-corrected chi connectivity index (χ1v) is 9.93. The van der Waals surface area contributed by atoms with Gasteiger partial charge in [0, 0.05) is 0 Å². The molecule has 7 heteroatoms. The highest BCUT2D eigenvalue weighted by Gasteiger charge is 2.27. The lowest BCUT2D eigenvalue weighted by Crippen LogP contribution is -2.16. The normalized spacial score (nSPS) is 10.5. The minimum atomic E-state index is -0.576. The Morgan fingerprint density at radius 2 is 1.61 bits per heavy atom. The lowest BCUT2D eigenvalue weighted by molar-refractivity contribution is -0.115. The van der Waals surface area contributed by atoms with Gasteiger partial charge in [0.1, 0.15) is 9.88 Å². The number of esters is 2. The summed E-state index contributed by atoms with van der Waals surface area (Å²) in [5.74, 6) is -1.37. The average molecular weight is 404 g/mol. The van der Waals surface area contributed by atoms with Crippen LogP contribution in [0.3, 0.4) is 0 Å². The summed E-state index contributed by atoms with van der Waals surface area (Å²) < 4.78 is 10.1. The Labute approximate surface area is 168 Å². The van der Waals surface area contributed by atoms with E-state index in [9.17, 15) is 14.4 Å². The van der Waals surface area contributed by atoms with Crippen molar-refractivity contribution in [2.24, 2.45) is 0 Å². The van der Waals surface area contributed by atoms with Gasteiger partial charge in [-0.1, -0.05) is 18.2 Å². The number of aryl methyl sites for hydroxylation is 2. The first-order chi connectivity index (χ1) is 13.3. The third-order valence-electron chi connectivity index (χ3n) is 4.28. The number of hydrogen-bond donors (Lipinski definition) is 1. The molecule has 0 radical (unpaired) electrons. The Kier molecular flexibility index (Phi) is 7.34. The van der Waals surface area contributed by atoms with Gasteiger partial charge in [0.25, 0.3) is 0 Å². The second-order valence-corrected chi connectivity index (χ2v) is 7.37. The number of carbonyl (C=O) groups is 3. The minimum Gasteiger partial charge on any atom is -0.462 e. The van der Waals surface area contributed by atoms with Crippen LogP contribution in [0.1, 0.15) is 56.1 Å².